The van der Waals surface area contributed by atoms with Crippen LogP contribution < -0.4 is 10.1 Å². The lowest BCUT2D eigenvalue weighted by molar-refractivity contribution is 0.206. The van der Waals surface area contributed by atoms with E-state index in [-0.39, 0.29) is 18.1 Å². The fourth-order valence-corrected chi connectivity index (χ4v) is 2.45. The second kappa shape index (κ2) is 5.51. The molecule has 1 atom stereocenters. The van der Waals surface area contributed by atoms with Crippen molar-refractivity contribution in [1.82, 2.24) is 10.2 Å². The van der Waals surface area contributed by atoms with Gasteiger partial charge in [0.25, 0.3) is 0 Å². The molecule has 0 aliphatic carbocycles. The van der Waals surface area contributed by atoms with Gasteiger partial charge in [-0.1, -0.05) is 13.0 Å². The van der Waals surface area contributed by atoms with Gasteiger partial charge in [0, 0.05) is 18.2 Å². The van der Waals surface area contributed by atoms with Gasteiger partial charge in [0.1, 0.15) is 5.75 Å². The summed E-state index contributed by atoms with van der Waals surface area (Å²) in [6.45, 7) is 6.88. The van der Waals surface area contributed by atoms with Gasteiger partial charge in [-0.15, -0.1) is 0 Å². The van der Waals surface area contributed by atoms with Crippen LogP contribution in [0, 0.1) is 0 Å². The summed E-state index contributed by atoms with van der Waals surface area (Å²) in [6.07, 6.45) is 0.978. The molecule has 1 aromatic carbocycles. The second-order valence-electron chi connectivity index (χ2n) is 5.18. The van der Waals surface area contributed by atoms with E-state index in [9.17, 15) is 4.79 Å². The van der Waals surface area contributed by atoms with E-state index < -0.39 is 0 Å². The SMILES string of the molecule is CCc1ccc(OC)c(C2CN(C(C)C)C(=O)N2)c1. The van der Waals surface area contributed by atoms with Crippen LogP contribution in [0.2, 0.25) is 0 Å². The van der Waals surface area contributed by atoms with Crippen LogP contribution in [0.4, 0.5) is 4.79 Å². The Balaban J connectivity index is 2.29. The van der Waals surface area contributed by atoms with E-state index in [0.29, 0.717) is 6.54 Å². The third-order valence-electron chi connectivity index (χ3n) is 3.64. The lowest BCUT2D eigenvalue weighted by Crippen LogP contribution is -2.33. The van der Waals surface area contributed by atoms with Crippen molar-refractivity contribution in [3.63, 3.8) is 0 Å². The molecule has 1 saturated heterocycles. The summed E-state index contributed by atoms with van der Waals surface area (Å²) in [5.41, 5.74) is 2.33. The molecule has 4 nitrogen and oxygen atoms in total. The molecule has 1 fully saturated rings. The molecular weight excluding hydrogens is 240 g/mol. The number of methoxy groups -OCH3 is 1. The van der Waals surface area contributed by atoms with E-state index >= 15 is 0 Å². The number of rotatable bonds is 4. The minimum Gasteiger partial charge on any atom is -0.496 e. The number of ether oxygens (including phenoxy) is 1. The molecule has 0 aromatic heterocycles. The highest BCUT2D eigenvalue weighted by molar-refractivity contribution is 5.77. The molecule has 1 aliphatic heterocycles. The Bertz CT molecular complexity index is 471. The lowest BCUT2D eigenvalue weighted by Gasteiger charge is -2.19. The summed E-state index contributed by atoms with van der Waals surface area (Å²) in [4.78, 5) is 13.8. The molecule has 0 saturated carbocycles. The Labute approximate surface area is 114 Å². The third kappa shape index (κ3) is 2.67. The third-order valence-corrected chi connectivity index (χ3v) is 3.64. The number of nitrogens with one attached hydrogen (secondary N) is 1. The van der Waals surface area contributed by atoms with Gasteiger partial charge in [0.15, 0.2) is 0 Å². The van der Waals surface area contributed by atoms with Crippen LogP contribution in [-0.4, -0.2) is 30.6 Å². The number of amides is 2. The topological polar surface area (TPSA) is 41.6 Å². The highest BCUT2D eigenvalue weighted by Crippen LogP contribution is 2.30. The molecule has 4 heteroatoms. The van der Waals surface area contributed by atoms with Crippen molar-refractivity contribution in [3.05, 3.63) is 29.3 Å². The van der Waals surface area contributed by atoms with Gasteiger partial charge in [-0.2, -0.15) is 0 Å². The summed E-state index contributed by atoms with van der Waals surface area (Å²) >= 11 is 0. The van der Waals surface area contributed by atoms with Crippen LogP contribution in [-0.2, 0) is 6.42 Å². The zero-order valence-corrected chi connectivity index (χ0v) is 12.1. The van der Waals surface area contributed by atoms with E-state index in [0.717, 1.165) is 17.7 Å². The number of aryl methyl sites for hydroxylation is 1. The van der Waals surface area contributed by atoms with Crippen molar-refractivity contribution < 1.29 is 9.53 Å². The maximum atomic E-state index is 11.9. The monoisotopic (exact) mass is 262 g/mol. The Morgan fingerprint density at radius 3 is 2.74 bits per heavy atom. The molecule has 104 valence electrons. The largest absolute Gasteiger partial charge is 0.496 e. The van der Waals surface area contributed by atoms with Crippen molar-refractivity contribution in [2.45, 2.75) is 39.3 Å². The standard InChI is InChI=1S/C15H22N2O2/c1-5-11-6-7-14(19-4)12(8-11)13-9-17(10(2)3)15(18)16-13/h6-8,10,13H,5,9H2,1-4H3,(H,16,18). The highest BCUT2D eigenvalue weighted by atomic mass is 16.5. The molecular formula is C15H22N2O2. The number of benzene rings is 1. The molecule has 1 unspecified atom stereocenters. The summed E-state index contributed by atoms with van der Waals surface area (Å²) in [5, 5.41) is 3.03. The van der Waals surface area contributed by atoms with Crippen molar-refractivity contribution in [1.29, 1.82) is 0 Å². The van der Waals surface area contributed by atoms with Gasteiger partial charge in [0.05, 0.1) is 13.2 Å². The van der Waals surface area contributed by atoms with Crippen molar-refractivity contribution in [2.75, 3.05) is 13.7 Å². The summed E-state index contributed by atoms with van der Waals surface area (Å²) in [5.74, 6) is 0.841. The Kier molecular flexibility index (Phi) is 3.98. The van der Waals surface area contributed by atoms with E-state index in [1.54, 1.807) is 7.11 Å². The molecule has 1 heterocycles. The van der Waals surface area contributed by atoms with E-state index in [2.05, 4.69) is 24.4 Å². The van der Waals surface area contributed by atoms with Crippen molar-refractivity contribution in [3.8, 4) is 5.75 Å². The van der Waals surface area contributed by atoms with Crippen LogP contribution in [0.15, 0.2) is 18.2 Å². The summed E-state index contributed by atoms with van der Waals surface area (Å²) < 4.78 is 5.42. The summed E-state index contributed by atoms with van der Waals surface area (Å²) in [6, 6.07) is 6.41. The fraction of sp³-hybridized carbons (Fsp3) is 0.533. The minimum absolute atomic E-state index is 0.00366. The first-order chi connectivity index (χ1) is 9.06. The van der Waals surface area contributed by atoms with Gasteiger partial charge >= 0.3 is 6.03 Å². The van der Waals surface area contributed by atoms with Gasteiger partial charge in [-0.05, 0) is 38.0 Å². The van der Waals surface area contributed by atoms with Gasteiger partial charge in [-0.25, -0.2) is 4.79 Å². The predicted octanol–water partition coefficient (Wildman–Crippen LogP) is 2.73. The molecule has 1 aliphatic rings. The normalized spacial score (nSPS) is 18.9. The second-order valence-corrected chi connectivity index (χ2v) is 5.18. The predicted molar refractivity (Wildman–Crippen MR) is 75.5 cm³/mol. The van der Waals surface area contributed by atoms with Gasteiger partial charge in [0.2, 0.25) is 0 Å². The lowest BCUT2D eigenvalue weighted by atomic mass is 10.0. The number of carbonyl (C=O) groups excluding carboxylic acids is 1. The molecule has 1 N–H and O–H groups in total. The van der Waals surface area contributed by atoms with Crippen LogP contribution in [0.3, 0.4) is 0 Å². The van der Waals surface area contributed by atoms with Crippen LogP contribution >= 0.6 is 0 Å². The fourth-order valence-electron chi connectivity index (χ4n) is 2.45. The number of carbonyl (C=O) groups is 1. The van der Waals surface area contributed by atoms with Crippen LogP contribution in [0.1, 0.15) is 37.9 Å². The average molecular weight is 262 g/mol. The molecule has 1 aromatic rings. The summed E-state index contributed by atoms with van der Waals surface area (Å²) in [7, 11) is 1.67. The molecule has 2 amide bonds. The quantitative estimate of drug-likeness (QED) is 0.906. The Hall–Kier alpha value is -1.71. The highest BCUT2D eigenvalue weighted by Gasteiger charge is 2.32. The van der Waals surface area contributed by atoms with E-state index in [1.807, 2.05) is 24.8 Å². The maximum Gasteiger partial charge on any atom is 0.318 e. The van der Waals surface area contributed by atoms with Gasteiger partial charge < -0.3 is 15.0 Å². The maximum absolute atomic E-state index is 11.9. The smallest absolute Gasteiger partial charge is 0.318 e. The van der Waals surface area contributed by atoms with E-state index in [1.165, 1.54) is 5.56 Å². The number of hydrogen-bond acceptors (Lipinski definition) is 2. The zero-order chi connectivity index (χ0) is 14.0. The average Bonchev–Trinajstić information content (AvgIpc) is 2.80. The molecule has 2 rings (SSSR count). The Morgan fingerprint density at radius 2 is 2.21 bits per heavy atom. The zero-order valence-electron chi connectivity index (χ0n) is 12.1. The van der Waals surface area contributed by atoms with Gasteiger partial charge in [-0.3, -0.25) is 0 Å². The van der Waals surface area contributed by atoms with Crippen molar-refractivity contribution in [2.24, 2.45) is 0 Å². The molecule has 0 radical (unpaired) electrons. The van der Waals surface area contributed by atoms with E-state index in [4.69, 9.17) is 4.74 Å². The first-order valence-corrected chi connectivity index (χ1v) is 6.80. The number of urea groups is 1. The van der Waals surface area contributed by atoms with Crippen molar-refractivity contribution >= 4 is 6.03 Å². The minimum atomic E-state index is 0.00366. The van der Waals surface area contributed by atoms with Crippen LogP contribution in [0.5, 0.6) is 5.75 Å². The molecule has 0 spiro atoms. The Morgan fingerprint density at radius 1 is 1.47 bits per heavy atom. The number of hydrogen-bond donors (Lipinski definition) is 1. The first-order valence-electron chi connectivity index (χ1n) is 6.80. The molecule has 0 bridgehead atoms. The number of nitrogens with zero attached hydrogens (tertiary/aromatic N) is 1. The first kappa shape index (κ1) is 13.7. The van der Waals surface area contributed by atoms with Crippen LogP contribution in [0.25, 0.3) is 0 Å². The molecule has 19 heavy (non-hydrogen) atoms.